The van der Waals surface area contributed by atoms with Gasteiger partial charge >= 0.3 is 0 Å². The standard InChI is InChI=1S/C12H16FNO/c13-5-1-7-15-12-3-2-11-9-14-6-4-10(11)8-12/h2-3,8,14H,1,4-7,9H2. The Labute approximate surface area is 89.4 Å². The highest BCUT2D eigenvalue weighted by molar-refractivity contribution is 5.37. The predicted octanol–water partition coefficient (Wildman–Crippen LogP) is 2.07. The van der Waals surface area contributed by atoms with Crippen molar-refractivity contribution in [2.45, 2.75) is 19.4 Å². The molecule has 1 heterocycles. The first-order valence-electron chi connectivity index (χ1n) is 5.41. The fourth-order valence-corrected chi connectivity index (χ4v) is 1.79. The summed E-state index contributed by atoms with van der Waals surface area (Å²) in [4.78, 5) is 0. The number of alkyl halides is 1. The molecule has 0 saturated carbocycles. The van der Waals surface area contributed by atoms with E-state index in [1.165, 1.54) is 11.1 Å². The van der Waals surface area contributed by atoms with Crippen molar-refractivity contribution in [2.24, 2.45) is 0 Å². The normalized spacial score (nSPS) is 14.7. The van der Waals surface area contributed by atoms with E-state index in [1.807, 2.05) is 6.07 Å². The van der Waals surface area contributed by atoms with Gasteiger partial charge in [0.2, 0.25) is 0 Å². The lowest BCUT2D eigenvalue weighted by Gasteiger charge is -2.17. The van der Waals surface area contributed by atoms with Crippen LogP contribution in [0, 0.1) is 0 Å². The summed E-state index contributed by atoms with van der Waals surface area (Å²) in [5, 5.41) is 3.32. The summed E-state index contributed by atoms with van der Waals surface area (Å²) < 4.78 is 17.3. The highest BCUT2D eigenvalue weighted by Gasteiger charge is 2.08. The van der Waals surface area contributed by atoms with Crippen LogP contribution in [0.15, 0.2) is 18.2 Å². The van der Waals surface area contributed by atoms with E-state index in [-0.39, 0.29) is 6.67 Å². The fraction of sp³-hybridized carbons (Fsp3) is 0.500. The minimum absolute atomic E-state index is 0.311. The molecule has 0 spiro atoms. The molecule has 0 saturated heterocycles. The number of hydrogen-bond donors (Lipinski definition) is 1. The quantitative estimate of drug-likeness (QED) is 0.766. The Bertz CT molecular complexity index is 327. The summed E-state index contributed by atoms with van der Waals surface area (Å²) in [5.74, 6) is 0.865. The Hall–Kier alpha value is -1.09. The zero-order chi connectivity index (χ0) is 10.5. The Morgan fingerprint density at radius 3 is 3.13 bits per heavy atom. The van der Waals surface area contributed by atoms with E-state index >= 15 is 0 Å². The van der Waals surface area contributed by atoms with E-state index in [0.717, 1.165) is 25.3 Å². The summed E-state index contributed by atoms with van der Waals surface area (Å²) >= 11 is 0. The molecule has 0 fully saturated rings. The molecule has 0 atom stereocenters. The lowest BCUT2D eigenvalue weighted by Crippen LogP contribution is -2.23. The van der Waals surface area contributed by atoms with E-state index in [2.05, 4.69) is 17.4 Å². The monoisotopic (exact) mass is 209 g/mol. The van der Waals surface area contributed by atoms with Gasteiger partial charge in [0.05, 0.1) is 13.3 Å². The highest BCUT2D eigenvalue weighted by atomic mass is 19.1. The van der Waals surface area contributed by atoms with Crippen LogP contribution < -0.4 is 10.1 Å². The maximum absolute atomic E-state index is 11.9. The molecule has 1 aliphatic rings. The van der Waals surface area contributed by atoms with Crippen LogP contribution in [-0.2, 0) is 13.0 Å². The maximum atomic E-state index is 11.9. The molecule has 0 amide bonds. The fourth-order valence-electron chi connectivity index (χ4n) is 1.79. The highest BCUT2D eigenvalue weighted by Crippen LogP contribution is 2.20. The average molecular weight is 209 g/mol. The van der Waals surface area contributed by atoms with E-state index in [9.17, 15) is 4.39 Å². The van der Waals surface area contributed by atoms with Crippen LogP contribution in [0.5, 0.6) is 5.75 Å². The summed E-state index contributed by atoms with van der Waals surface area (Å²) in [5.41, 5.74) is 2.70. The third-order valence-corrected chi connectivity index (χ3v) is 2.61. The van der Waals surface area contributed by atoms with E-state index < -0.39 is 0 Å². The number of fused-ring (bicyclic) bond motifs is 1. The topological polar surface area (TPSA) is 21.3 Å². The van der Waals surface area contributed by atoms with E-state index in [0.29, 0.717) is 13.0 Å². The van der Waals surface area contributed by atoms with Gasteiger partial charge in [0, 0.05) is 13.0 Å². The van der Waals surface area contributed by atoms with Gasteiger partial charge in [-0.25, -0.2) is 0 Å². The molecule has 3 heteroatoms. The van der Waals surface area contributed by atoms with Gasteiger partial charge in [-0.05, 0) is 36.2 Å². The Morgan fingerprint density at radius 1 is 1.33 bits per heavy atom. The van der Waals surface area contributed by atoms with Gasteiger partial charge in [0.1, 0.15) is 5.75 Å². The van der Waals surface area contributed by atoms with Gasteiger partial charge < -0.3 is 10.1 Å². The van der Waals surface area contributed by atoms with Crippen LogP contribution in [0.4, 0.5) is 4.39 Å². The Morgan fingerprint density at radius 2 is 2.27 bits per heavy atom. The molecular formula is C12H16FNO. The summed E-state index contributed by atoms with van der Waals surface area (Å²) in [6.45, 7) is 2.13. The van der Waals surface area contributed by atoms with Gasteiger partial charge in [-0.2, -0.15) is 0 Å². The zero-order valence-corrected chi connectivity index (χ0v) is 8.76. The molecule has 0 bridgehead atoms. The first-order valence-corrected chi connectivity index (χ1v) is 5.41. The largest absolute Gasteiger partial charge is 0.493 e. The number of hydrogen-bond acceptors (Lipinski definition) is 2. The smallest absolute Gasteiger partial charge is 0.119 e. The first kappa shape index (κ1) is 10.4. The molecule has 0 aliphatic carbocycles. The van der Waals surface area contributed by atoms with Gasteiger partial charge in [-0.3, -0.25) is 4.39 Å². The van der Waals surface area contributed by atoms with Crippen molar-refractivity contribution in [1.82, 2.24) is 5.32 Å². The molecule has 82 valence electrons. The van der Waals surface area contributed by atoms with Crippen LogP contribution in [-0.4, -0.2) is 19.8 Å². The number of rotatable bonds is 4. The van der Waals surface area contributed by atoms with Crippen molar-refractivity contribution in [3.8, 4) is 5.75 Å². The SMILES string of the molecule is FCCCOc1ccc2c(c1)CCNC2. The summed E-state index contributed by atoms with van der Waals surface area (Å²) in [6.07, 6.45) is 1.52. The third kappa shape index (κ3) is 2.69. The Kier molecular flexibility index (Phi) is 3.56. The number of halogens is 1. The van der Waals surface area contributed by atoms with E-state index in [4.69, 9.17) is 4.74 Å². The number of ether oxygens (including phenoxy) is 1. The molecule has 0 unspecified atom stereocenters. The minimum Gasteiger partial charge on any atom is -0.493 e. The van der Waals surface area contributed by atoms with Gasteiger partial charge in [0.25, 0.3) is 0 Å². The van der Waals surface area contributed by atoms with Crippen molar-refractivity contribution in [3.05, 3.63) is 29.3 Å². The second-order valence-corrected chi connectivity index (χ2v) is 3.75. The van der Waals surface area contributed by atoms with Crippen LogP contribution in [0.1, 0.15) is 17.5 Å². The van der Waals surface area contributed by atoms with Crippen molar-refractivity contribution < 1.29 is 9.13 Å². The lowest BCUT2D eigenvalue weighted by molar-refractivity contribution is 0.289. The van der Waals surface area contributed by atoms with E-state index in [1.54, 1.807) is 0 Å². The van der Waals surface area contributed by atoms with Gasteiger partial charge in [-0.15, -0.1) is 0 Å². The molecule has 0 aromatic heterocycles. The van der Waals surface area contributed by atoms with Gasteiger partial charge in [-0.1, -0.05) is 6.07 Å². The predicted molar refractivity (Wildman–Crippen MR) is 57.9 cm³/mol. The summed E-state index contributed by atoms with van der Waals surface area (Å²) in [6, 6.07) is 6.13. The molecular weight excluding hydrogens is 193 g/mol. The molecule has 1 aliphatic heterocycles. The molecule has 1 aromatic rings. The molecule has 2 nitrogen and oxygen atoms in total. The lowest BCUT2D eigenvalue weighted by atomic mass is 10.0. The van der Waals surface area contributed by atoms with Crippen molar-refractivity contribution in [2.75, 3.05) is 19.8 Å². The molecule has 1 N–H and O–H groups in total. The number of nitrogens with one attached hydrogen (secondary N) is 1. The molecule has 15 heavy (non-hydrogen) atoms. The summed E-state index contributed by atoms with van der Waals surface area (Å²) in [7, 11) is 0. The second kappa shape index (κ2) is 5.12. The Balaban J connectivity index is 2.00. The average Bonchev–Trinajstić information content (AvgIpc) is 2.29. The minimum atomic E-state index is -0.311. The van der Waals surface area contributed by atoms with Crippen molar-refractivity contribution in [1.29, 1.82) is 0 Å². The molecule has 1 aromatic carbocycles. The van der Waals surface area contributed by atoms with Gasteiger partial charge in [0.15, 0.2) is 0 Å². The number of benzene rings is 1. The van der Waals surface area contributed by atoms with Crippen LogP contribution in [0.3, 0.4) is 0 Å². The molecule has 0 radical (unpaired) electrons. The molecule has 2 rings (SSSR count). The first-order chi connectivity index (χ1) is 7.40. The van der Waals surface area contributed by atoms with Crippen LogP contribution >= 0.6 is 0 Å². The zero-order valence-electron chi connectivity index (χ0n) is 8.76. The van der Waals surface area contributed by atoms with Crippen molar-refractivity contribution >= 4 is 0 Å². The van der Waals surface area contributed by atoms with Crippen LogP contribution in [0.25, 0.3) is 0 Å². The second-order valence-electron chi connectivity index (χ2n) is 3.75. The van der Waals surface area contributed by atoms with Crippen LogP contribution in [0.2, 0.25) is 0 Å². The third-order valence-electron chi connectivity index (χ3n) is 2.61. The van der Waals surface area contributed by atoms with Crippen molar-refractivity contribution in [3.63, 3.8) is 0 Å². The maximum Gasteiger partial charge on any atom is 0.119 e.